The summed E-state index contributed by atoms with van der Waals surface area (Å²) in [6.45, 7) is 1.96. The normalized spacial score (nSPS) is 14.6. The van der Waals surface area contributed by atoms with E-state index in [2.05, 4.69) is 4.98 Å². The molecule has 5 heteroatoms. The van der Waals surface area contributed by atoms with Crippen LogP contribution in [0, 0.1) is 0 Å². The van der Waals surface area contributed by atoms with Crippen LogP contribution in [0.3, 0.4) is 0 Å². The number of fused-ring (bicyclic) bond motifs is 3. The first-order valence-corrected chi connectivity index (χ1v) is 6.35. The summed E-state index contributed by atoms with van der Waals surface area (Å²) in [7, 11) is 0. The van der Waals surface area contributed by atoms with Gasteiger partial charge in [-0.05, 0) is 24.8 Å². The molecule has 4 nitrogen and oxygen atoms in total. The Hall–Kier alpha value is -1.36. The summed E-state index contributed by atoms with van der Waals surface area (Å²) in [5.74, 6) is 6.42. The Kier molecular flexibility index (Phi) is 2.04. The lowest BCUT2D eigenvalue weighted by Gasteiger charge is -2.04. The van der Waals surface area contributed by atoms with E-state index >= 15 is 0 Å². The Morgan fingerprint density at radius 3 is 3.06 bits per heavy atom. The second kappa shape index (κ2) is 3.31. The molecule has 0 atom stereocenters. The third kappa shape index (κ3) is 1.15. The lowest BCUT2D eigenvalue weighted by molar-refractivity contribution is 0.800. The number of rotatable bonds is 1. The summed E-state index contributed by atoms with van der Waals surface area (Å²) in [5, 5.41) is 0.761. The highest BCUT2D eigenvalue weighted by molar-refractivity contribution is 7.18. The summed E-state index contributed by atoms with van der Waals surface area (Å²) >= 11 is 1.66. The van der Waals surface area contributed by atoms with Gasteiger partial charge < -0.3 is 5.84 Å². The molecule has 2 aromatic heterocycles. The second-order valence-electron chi connectivity index (χ2n) is 4.09. The van der Waals surface area contributed by atoms with Gasteiger partial charge in [-0.1, -0.05) is 6.92 Å². The maximum absolute atomic E-state index is 12.1. The molecule has 0 aromatic carbocycles. The molecule has 16 heavy (non-hydrogen) atoms. The topological polar surface area (TPSA) is 60.9 Å². The van der Waals surface area contributed by atoms with Crippen molar-refractivity contribution >= 4 is 21.6 Å². The molecule has 0 saturated carbocycles. The SMILES string of the molecule is CCc1nc2sc3c(c2c(=O)n1N)CCC3. The first-order chi connectivity index (χ1) is 7.72. The molecule has 1 aliphatic carbocycles. The van der Waals surface area contributed by atoms with Crippen LogP contribution in [-0.4, -0.2) is 9.66 Å². The maximum Gasteiger partial charge on any atom is 0.280 e. The van der Waals surface area contributed by atoms with Gasteiger partial charge in [0.1, 0.15) is 10.7 Å². The van der Waals surface area contributed by atoms with Crippen molar-refractivity contribution < 1.29 is 0 Å². The van der Waals surface area contributed by atoms with Gasteiger partial charge in [0.2, 0.25) is 0 Å². The fourth-order valence-corrected chi connectivity index (χ4v) is 3.62. The van der Waals surface area contributed by atoms with Crippen LogP contribution in [0.5, 0.6) is 0 Å². The number of hydrogen-bond donors (Lipinski definition) is 1. The van der Waals surface area contributed by atoms with Crippen molar-refractivity contribution in [1.82, 2.24) is 9.66 Å². The van der Waals surface area contributed by atoms with Crippen LogP contribution in [-0.2, 0) is 19.3 Å². The van der Waals surface area contributed by atoms with E-state index in [4.69, 9.17) is 5.84 Å². The molecule has 0 aliphatic heterocycles. The summed E-state index contributed by atoms with van der Waals surface area (Å²) in [5.41, 5.74) is 1.11. The summed E-state index contributed by atoms with van der Waals surface area (Å²) < 4.78 is 1.20. The van der Waals surface area contributed by atoms with Crippen molar-refractivity contribution in [2.45, 2.75) is 32.6 Å². The van der Waals surface area contributed by atoms with Crippen LogP contribution >= 0.6 is 11.3 Å². The van der Waals surface area contributed by atoms with Crippen molar-refractivity contribution in [3.63, 3.8) is 0 Å². The Morgan fingerprint density at radius 2 is 2.31 bits per heavy atom. The van der Waals surface area contributed by atoms with Gasteiger partial charge in [0.25, 0.3) is 5.56 Å². The van der Waals surface area contributed by atoms with Crippen molar-refractivity contribution in [3.8, 4) is 0 Å². The molecule has 3 rings (SSSR count). The number of nitrogens with zero attached hydrogens (tertiary/aromatic N) is 2. The van der Waals surface area contributed by atoms with Crippen molar-refractivity contribution in [2.24, 2.45) is 0 Å². The maximum atomic E-state index is 12.1. The molecule has 2 heterocycles. The minimum Gasteiger partial charge on any atom is -0.335 e. The predicted molar refractivity (Wildman–Crippen MR) is 65.4 cm³/mol. The Bertz CT molecular complexity index is 626. The number of aryl methyl sites for hydroxylation is 3. The van der Waals surface area contributed by atoms with Gasteiger partial charge in [0.15, 0.2) is 0 Å². The van der Waals surface area contributed by atoms with Gasteiger partial charge in [-0.3, -0.25) is 4.79 Å². The van der Waals surface area contributed by atoms with E-state index in [1.54, 1.807) is 11.3 Å². The van der Waals surface area contributed by atoms with Crippen molar-refractivity contribution in [1.29, 1.82) is 0 Å². The largest absolute Gasteiger partial charge is 0.335 e. The molecule has 2 N–H and O–H groups in total. The fourth-order valence-electron chi connectivity index (χ4n) is 2.35. The highest BCUT2D eigenvalue weighted by Crippen LogP contribution is 2.34. The lowest BCUT2D eigenvalue weighted by Crippen LogP contribution is -2.31. The molecule has 0 bridgehead atoms. The first kappa shape index (κ1) is 9.84. The molecule has 0 fully saturated rings. The van der Waals surface area contributed by atoms with Crippen LogP contribution in [0.1, 0.15) is 29.6 Å². The molecule has 0 spiro atoms. The average molecular weight is 235 g/mol. The molecule has 1 aliphatic rings. The fraction of sp³-hybridized carbons (Fsp3) is 0.455. The highest BCUT2D eigenvalue weighted by Gasteiger charge is 2.22. The molecule has 2 aromatic rings. The third-order valence-electron chi connectivity index (χ3n) is 3.16. The van der Waals surface area contributed by atoms with E-state index in [1.165, 1.54) is 15.1 Å². The first-order valence-electron chi connectivity index (χ1n) is 5.53. The summed E-state index contributed by atoms with van der Waals surface area (Å²) in [6, 6.07) is 0. The van der Waals surface area contributed by atoms with Crippen LogP contribution in [0.2, 0.25) is 0 Å². The Morgan fingerprint density at radius 1 is 1.50 bits per heavy atom. The number of hydrogen-bond acceptors (Lipinski definition) is 4. The standard InChI is InChI=1S/C11H13N3OS/c1-2-8-13-10-9(11(15)14(8)12)6-4-3-5-7(6)16-10/h2-5,12H2,1H3. The molecular formula is C11H13N3OS. The number of nitrogens with two attached hydrogens (primary N) is 1. The van der Waals surface area contributed by atoms with Gasteiger partial charge in [0, 0.05) is 11.3 Å². The minimum absolute atomic E-state index is 0.0822. The molecule has 0 amide bonds. The van der Waals surface area contributed by atoms with E-state index in [0.29, 0.717) is 12.2 Å². The van der Waals surface area contributed by atoms with Crippen molar-refractivity contribution in [3.05, 3.63) is 26.6 Å². The van der Waals surface area contributed by atoms with E-state index in [9.17, 15) is 4.79 Å². The molecule has 0 unspecified atom stereocenters. The zero-order chi connectivity index (χ0) is 11.3. The van der Waals surface area contributed by atoms with Gasteiger partial charge in [-0.25, -0.2) is 9.66 Å². The smallest absolute Gasteiger partial charge is 0.280 e. The quantitative estimate of drug-likeness (QED) is 0.756. The summed E-state index contributed by atoms with van der Waals surface area (Å²) in [4.78, 5) is 18.8. The second-order valence-corrected chi connectivity index (χ2v) is 5.18. The number of thiophene rings is 1. The zero-order valence-electron chi connectivity index (χ0n) is 9.12. The van der Waals surface area contributed by atoms with Crippen molar-refractivity contribution in [2.75, 3.05) is 5.84 Å². The lowest BCUT2D eigenvalue weighted by atomic mass is 10.2. The van der Waals surface area contributed by atoms with Gasteiger partial charge >= 0.3 is 0 Å². The number of nitrogen functional groups attached to an aromatic ring is 1. The van der Waals surface area contributed by atoms with E-state index in [0.717, 1.165) is 29.5 Å². The van der Waals surface area contributed by atoms with E-state index in [-0.39, 0.29) is 5.56 Å². The predicted octanol–water partition coefficient (Wildman–Crippen LogP) is 1.22. The minimum atomic E-state index is -0.0822. The number of aromatic nitrogens is 2. The molecular weight excluding hydrogens is 222 g/mol. The highest BCUT2D eigenvalue weighted by atomic mass is 32.1. The molecule has 0 saturated heterocycles. The third-order valence-corrected chi connectivity index (χ3v) is 4.35. The molecule has 0 radical (unpaired) electrons. The van der Waals surface area contributed by atoms with Gasteiger partial charge in [-0.15, -0.1) is 11.3 Å². The van der Waals surface area contributed by atoms with Gasteiger partial charge in [0.05, 0.1) is 5.39 Å². The van der Waals surface area contributed by atoms with Crippen LogP contribution in [0.4, 0.5) is 0 Å². The zero-order valence-corrected chi connectivity index (χ0v) is 9.93. The Balaban J connectivity index is 2.44. The van der Waals surface area contributed by atoms with Crippen LogP contribution in [0.15, 0.2) is 4.79 Å². The van der Waals surface area contributed by atoms with E-state index < -0.39 is 0 Å². The molecule has 84 valence electrons. The van der Waals surface area contributed by atoms with Crippen LogP contribution < -0.4 is 11.4 Å². The Labute approximate surface area is 96.7 Å². The average Bonchev–Trinajstić information content (AvgIpc) is 2.82. The summed E-state index contributed by atoms with van der Waals surface area (Å²) in [6.07, 6.45) is 3.92. The van der Waals surface area contributed by atoms with Gasteiger partial charge in [-0.2, -0.15) is 0 Å². The monoisotopic (exact) mass is 235 g/mol. The van der Waals surface area contributed by atoms with Crippen LogP contribution in [0.25, 0.3) is 10.2 Å². The van der Waals surface area contributed by atoms with E-state index in [1.807, 2.05) is 6.92 Å².